The van der Waals surface area contributed by atoms with Crippen molar-refractivity contribution in [3.05, 3.63) is 66.0 Å². The topological polar surface area (TPSA) is 232 Å². The van der Waals surface area contributed by atoms with Crippen molar-refractivity contribution in [3.8, 4) is 5.88 Å². The number of hydrogen-bond acceptors (Lipinski definition) is 16. The van der Waals surface area contributed by atoms with Crippen LogP contribution in [0.4, 0.5) is 38.5 Å². The Morgan fingerprint density at radius 1 is 0.985 bits per heavy atom. The minimum atomic E-state index is -1.45. The number of rotatable bonds is 13. The molecule has 1 saturated carbocycles. The number of carbonyl (C=O) groups excluding carboxylic acids is 2. The number of halogens is 1. The van der Waals surface area contributed by atoms with Crippen molar-refractivity contribution in [2.45, 2.75) is 70.4 Å². The van der Waals surface area contributed by atoms with E-state index in [0.29, 0.717) is 66.0 Å². The minimum Gasteiger partial charge on any atom is -0.478 e. The van der Waals surface area contributed by atoms with Gasteiger partial charge in [0.15, 0.2) is 22.6 Å². The number of benzene rings is 1. The molecule has 23 heteroatoms. The number of alkyl halides is 1. The van der Waals surface area contributed by atoms with Gasteiger partial charge in [-0.3, -0.25) is 14.4 Å². The first-order valence-electron chi connectivity index (χ1n) is 21.9. The number of H-pyrrole nitrogens is 1. The standard InChI is InChI=1S/C43H51FN18O4/c1-22-8-11-29-30(12-22)49-33(48-29)14-45-40-55-42(53-36-27(26-9-10-26)13-47-62(36)40)59-15-24(3)61(25(4)16-59)43(64)66-20-23(2)38(63)51-31-19-60(17-28(31)44)41-52-35(34-37(54-41)57(5)21-46-34)50-32-18-58(6)56-39(32)65-7/h8,11-13,18,21,24-26,28,31H,2,9-10,14-17,19-20H2,1,3-7H3,(H,48,49)(H,51,63)(H,45,53,55)(H,50,52,54)/t24-,25+,28-,31-/m1/s1. The fraction of sp³-hybridized carbons (Fsp3) is 0.442. The summed E-state index contributed by atoms with van der Waals surface area (Å²) >= 11 is 0. The van der Waals surface area contributed by atoms with Gasteiger partial charge in [0.2, 0.25) is 23.8 Å². The molecule has 7 aromatic rings. The lowest BCUT2D eigenvalue weighted by Crippen LogP contribution is -2.59. The lowest BCUT2D eigenvalue weighted by atomic mass is 10.1. The SMILES string of the molecule is C=C(COC(=O)N1[C@H](C)CN(c2nc(NCc3nc4ccc(C)cc4[nH]3)n3ncc(C4CC4)c3n2)C[C@@H]1C)C(=O)N[C@@H]1CN(c2nc(Nc3cn(C)nc3OC)c3ncn(C)c3n2)C[C@H]1F. The van der Waals surface area contributed by atoms with E-state index in [1.54, 1.807) is 50.2 Å². The molecule has 2 amide bonds. The number of amides is 2. The first-order valence-corrected chi connectivity index (χ1v) is 21.9. The number of ether oxygens (including phenoxy) is 2. The van der Waals surface area contributed by atoms with Gasteiger partial charge < -0.3 is 44.8 Å². The van der Waals surface area contributed by atoms with Gasteiger partial charge in [0.05, 0.1) is 68.1 Å². The van der Waals surface area contributed by atoms with Gasteiger partial charge in [0, 0.05) is 44.9 Å². The number of aryl methyl sites for hydroxylation is 3. The molecule has 0 unspecified atom stereocenters. The van der Waals surface area contributed by atoms with Crippen molar-refractivity contribution in [2.75, 3.05) is 60.3 Å². The van der Waals surface area contributed by atoms with Crippen molar-refractivity contribution in [1.29, 1.82) is 0 Å². The highest BCUT2D eigenvalue weighted by atomic mass is 19.1. The molecule has 3 fully saturated rings. The smallest absolute Gasteiger partial charge is 0.410 e. The molecule has 1 aliphatic carbocycles. The predicted molar refractivity (Wildman–Crippen MR) is 243 cm³/mol. The van der Waals surface area contributed by atoms with Crippen molar-refractivity contribution in [2.24, 2.45) is 14.1 Å². The first-order chi connectivity index (χ1) is 31.8. The minimum absolute atomic E-state index is 0.0239. The summed E-state index contributed by atoms with van der Waals surface area (Å²) in [5, 5.41) is 18.3. The van der Waals surface area contributed by atoms with Crippen LogP contribution in [0.1, 0.15) is 49.6 Å². The van der Waals surface area contributed by atoms with Gasteiger partial charge >= 0.3 is 6.09 Å². The van der Waals surface area contributed by atoms with Gasteiger partial charge in [-0.2, -0.15) is 29.5 Å². The van der Waals surface area contributed by atoms with E-state index in [2.05, 4.69) is 58.6 Å². The molecule has 2 saturated heterocycles. The Balaban J connectivity index is 0.763. The molecule has 4 atom stereocenters. The average Bonchev–Trinajstić information content (AvgIpc) is 3.60. The normalized spacial score (nSPS) is 19.8. The third-order valence-electron chi connectivity index (χ3n) is 12.2. The highest BCUT2D eigenvalue weighted by Crippen LogP contribution is 2.42. The van der Waals surface area contributed by atoms with E-state index in [-0.39, 0.29) is 43.3 Å². The summed E-state index contributed by atoms with van der Waals surface area (Å²) in [6.07, 6.45) is 5.36. The number of piperazine rings is 1. The summed E-state index contributed by atoms with van der Waals surface area (Å²) in [4.78, 5) is 64.3. The summed E-state index contributed by atoms with van der Waals surface area (Å²) in [6, 6.07) is 4.58. The number of anilines is 5. The van der Waals surface area contributed by atoms with Gasteiger partial charge in [-0.1, -0.05) is 12.6 Å². The molecular weight excluding hydrogens is 852 g/mol. The second-order valence-corrected chi connectivity index (χ2v) is 17.4. The highest BCUT2D eigenvalue weighted by Gasteiger charge is 2.38. The van der Waals surface area contributed by atoms with Crippen LogP contribution >= 0.6 is 0 Å². The molecule has 3 aliphatic rings. The molecule has 0 bridgehead atoms. The van der Waals surface area contributed by atoms with E-state index >= 15 is 4.39 Å². The molecule has 10 rings (SSSR count). The van der Waals surface area contributed by atoms with Crippen LogP contribution in [-0.4, -0.2) is 140 Å². The van der Waals surface area contributed by atoms with Crippen LogP contribution in [0.3, 0.4) is 0 Å². The molecule has 6 aromatic heterocycles. The Labute approximate surface area is 377 Å². The van der Waals surface area contributed by atoms with E-state index in [4.69, 9.17) is 29.4 Å². The number of aromatic nitrogens is 12. The number of methoxy groups -OCH3 is 1. The molecule has 22 nitrogen and oxygen atoms in total. The Kier molecular flexibility index (Phi) is 10.8. The summed E-state index contributed by atoms with van der Waals surface area (Å²) in [5.74, 6) is 2.58. The summed E-state index contributed by atoms with van der Waals surface area (Å²) in [7, 11) is 5.08. The largest absolute Gasteiger partial charge is 0.478 e. The quantitative estimate of drug-likeness (QED) is 0.120. The number of carbonyl (C=O) groups is 2. The number of hydrogen-bond donors (Lipinski definition) is 4. The summed E-state index contributed by atoms with van der Waals surface area (Å²) < 4.78 is 31.7. The zero-order chi connectivity index (χ0) is 46.0. The van der Waals surface area contributed by atoms with Crippen molar-refractivity contribution >= 4 is 69.2 Å². The third kappa shape index (κ3) is 8.08. The number of aromatic amines is 1. The zero-order valence-electron chi connectivity index (χ0n) is 37.5. The van der Waals surface area contributed by atoms with Crippen LogP contribution in [-0.2, 0) is 30.2 Å². The molecule has 0 radical (unpaired) electrons. The number of nitrogens with one attached hydrogen (secondary N) is 4. The van der Waals surface area contributed by atoms with E-state index in [9.17, 15) is 9.59 Å². The Bertz CT molecular complexity index is 3000. The number of fused-ring (bicyclic) bond motifs is 3. The second kappa shape index (κ2) is 16.8. The van der Waals surface area contributed by atoms with E-state index in [0.717, 1.165) is 46.5 Å². The third-order valence-corrected chi connectivity index (χ3v) is 12.2. The Morgan fingerprint density at radius 3 is 2.52 bits per heavy atom. The van der Waals surface area contributed by atoms with Crippen LogP contribution in [0.25, 0.3) is 27.8 Å². The summed E-state index contributed by atoms with van der Waals surface area (Å²) in [5.41, 5.74) is 6.39. The predicted octanol–water partition coefficient (Wildman–Crippen LogP) is 3.90. The van der Waals surface area contributed by atoms with Crippen LogP contribution in [0.15, 0.2) is 49.1 Å². The maximum absolute atomic E-state index is 15.6. The van der Waals surface area contributed by atoms with E-state index in [1.165, 1.54) is 7.11 Å². The van der Waals surface area contributed by atoms with E-state index in [1.807, 2.05) is 39.1 Å². The van der Waals surface area contributed by atoms with Crippen molar-refractivity contribution in [1.82, 2.24) is 69.1 Å². The molecule has 2 aliphatic heterocycles. The highest BCUT2D eigenvalue weighted by molar-refractivity contribution is 5.93. The first kappa shape index (κ1) is 42.4. The number of imidazole rings is 2. The van der Waals surface area contributed by atoms with Gasteiger partial charge in [0.1, 0.15) is 24.3 Å². The Morgan fingerprint density at radius 2 is 1.74 bits per heavy atom. The molecule has 344 valence electrons. The van der Waals surface area contributed by atoms with Gasteiger partial charge in [-0.05, 0) is 57.2 Å². The van der Waals surface area contributed by atoms with Crippen molar-refractivity contribution < 1.29 is 23.5 Å². The number of nitrogens with zero attached hydrogens (tertiary/aromatic N) is 14. The van der Waals surface area contributed by atoms with E-state index < -0.39 is 24.2 Å². The molecule has 8 heterocycles. The van der Waals surface area contributed by atoms with Gasteiger partial charge in [0.25, 0.3) is 5.88 Å². The molecular formula is C43H51FN18O4. The fourth-order valence-electron chi connectivity index (χ4n) is 8.77. The van der Waals surface area contributed by atoms with Crippen LogP contribution in [0, 0.1) is 6.92 Å². The molecule has 4 N–H and O–H groups in total. The van der Waals surface area contributed by atoms with Crippen molar-refractivity contribution in [3.63, 3.8) is 0 Å². The maximum atomic E-state index is 15.6. The average molecular weight is 903 g/mol. The summed E-state index contributed by atoms with van der Waals surface area (Å²) in [6.45, 7) is 10.6. The zero-order valence-corrected chi connectivity index (χ0v) is 37.5. The fourth-order valence-corrected chi connectivity index (χ4v) is 8.77. The van der Waals surface area contributed by atoms with Gasteiger partial charge in [-0.15, -0.1) is 5.10 Å². The lowest BCUT2D eigenvalue weighted by Gasteiger charge is -2.43. The second-order valence-electron chi connectivity index (χ2n) is 17.4. The molecule has 66 heavy (non-hydrogen) atoms. The van der Waals surface area contributed by atoms with Crippen LogP contribution in [0.5, 0.6) is 5.88 Å². The Hall–Kier alpha value is -7.59. The molecule has 1 aromatic carbocycles. The molecule has 0 spiro atoms. The lowest BCUT2D eigenvalue weighted by molar-refractivity contribution is -0.118. The van der Waals surface area contributed by atoms with Gasteiger partial charge in [-0.25, -0.2) is 19.2 Å². The monoisotopic (exact) mass is 902 g/mol. The maximum Gasteiger partial charge on any atom is 0.410 e. The van der Waals surface area contributed by atoms with Crippen LogP contribution in [0.2, 0.25) is 0 Å². The van der Waals surface area contributed by atoms with Crippen LogP contribution < -0.4 is 30.5 Å².